The number of aliphatic imine (C=N–C) groups is 1. The lowest BCUT2D eigenvalue weighted by molar-refractivity contribution is 0.642. The third-order valence-electron chi connectivity index (χ3n) is 2.32. The van der Waals surface area contributed by atoms with Crippen molar-refractivity contribution < 1.29 is 0 Å². The van der Waals surface area contributed by atoms with Crippen molar-refractivity contribution in [2.75, 3.05) is 14.1 Å². The molecule has 0 saturated carbocycles. The topological polar surface area (TPSA) is 41.4 Å². The van der Waals surface area contributed by atoms with Gasteiger partial charge in [-0.2, -0.15) is 4.98 Å². The Hall–Kier alpha value is -2.09. The quantitative estimate of drug-likeness (QED) is 0.369. The van der Waals surface area contributed by atoms with Crippen LogP contribution in [0, 0.1) is 11.8 Å². The Balaban J connectivity index is 2.20. The average Bonchev–Trinajstić information content (AvgIpc) is 2.46. The third-order valence-corrected chi connectivity index (χ3v) is 2.86. The van der Waals surface area contributed by atoms with E-state index in [1.54, 1.807) is 29.6 Å². The summed E-state index contributed by atoms with van der Waals surface area (Å²) in [5.74, 6) is 6.20. The first kappa shape index (κ1) is 15.3. The zero-order valence-electron chi connectivity index (χ0n) is 11.5. The molecule has 0 bridgehead atoms. The van der Waals surface area contributed by atoms with Crippen LogP contribution in [0.25, 0.3) is 0 Å². The zero-order valence-corrected chi connectivity index (χ0v) is 13.0. The highest BCUT2D eigenvalue weighted by atomic mass is 35.5. The standard InChI is InChI=1S/C15H12Cl2N4/c1-21(2)10-19-15-18-9-12(14(17)20-15)6-3-11-4-7-13(16)8-5-11/h4-5,7-10H,1-2H3/b19-10+. The molecule has 1 aromatic heterocycles. The van der Waals surface area contributed by atoms with Crippen LogP contribution in [0.5, 0.6) is 0 Å². The van der Waals surface area contributed by atoms with E-state index in [2.05, 4.69) is 26.8 Å². The molecule has 21 heavy (non-hydrogen) atoms. The van der Waals surface area contributed by atoms with Crippen LogP contribution in [0.4, 0.5) is 5.95 Å². The largest absolute Gasteiger partial charge is 0.369 e. The van der Waals surface area contributed by atoms with Crippen LogP contribution in [0.2, 0.25) is 10.2 Å². The number of halogens is 2. The highest BCUT2D eigenvalue weighted by Crippen LogP contribution is 2.15. The first-order chi connectivity index (χ1) is 10.0. The van der Waals surface area contributed by atoms with E-state index in [-0.39, 0.29) is 5.15 Å². The lowest BCUT2D eigenvalue weighted by Crippen LogP contribution is -2.07. The molecular weight excluding hydrogens is 307 g/mol. The summed E-state index contributed by atoms with van der Waals surface area (Å²) >= 11 is 11.9. The maximum atomic E-state index is 6.07. The van der Waals surface area contributed by atoms with Crippen molar-refractivity contribution in [2.24, 2.45) is 4.99 Å². The maximum absolute atomic E-state index is 6.07. The fraction of sp³-hybridized carbons (Fsp3) is 0.133. The second-order valence-corrected chi connectivity index (χ2v) is 5.13. The van der Waals surface area contributed by atoms with Crippen molar-refractivity contribution >= 4 is 35.5 Å². The summed E-state index contributed by atoms with van der Waals surface area (Å²) < 4.78 is 0. The van der Waals surface area contributed by atoms with Gasteiger partial charge in [0.15, 0.2) is 0 Å². The molecular formula is C15H12Cl2N4. The number of hydrogen-bond acceptors (Lipinski definition) is 3. The molecule has 0 aliphatic carbocycles. The SMILES string of the molecule is CN(C)/C=N/c1ncc(C#Cc2ccc(Cl)cc2)c(Cl)n1. The molecule has 4 nitrogen and oxygen atoms in total. The molecule has 1 heterocycles. The fourth-order valence-electron chi connectivity index (χ4n) is 1.34. The second-order valence-electron chi connectivity index (χ2n) is 4.34. The molecule has 0 radical (unpaired) electrons. The van der Waals surface area contributed by atoms with E-state index in [0.717, 1.165) is 5.56 Å². The molecule has 106 valence electrons. The van der Waals surface area contributed by atoms with Crippen LogP contribution in [0.15, 0.2) is 35.5 Å². The van der Waals surface area contributed by atoms with Crippen LogP contribution >= 0.6 is 23.2 Å². The van der Waals surface area contributed by atoms with E-state index in [0.29, 0.717) is 16.5 Å². The van der Waals surface area contributed by atoms with Gasteiger partial charge in [0.1, 0.15) is 5.15 Å². The normalized spacial score (nSPS) is 10.3. The van der Waals surface area contributed by atoms with Crippen molar-refractivity contribution in [3.63, 3.8) is 0 Å². The van der Waals surface area contributed by atoms with E-state index in [1.165, 1.54) is 0 Å². The molecule has 0 aliphatic heterocycles. The molecule has 0 saturated heterocycles. The van der Waals surface area contributed by atoms with E-state index in [1.807, 2.05) is 26.2 Å². The summed E-state index contributed by atoms with van der Waals surface area (Å²) in [6.07, 6.45) is 3.16. The third kappa shape index (κ3) is 4.75. The molecule has 0 spiro atoms. The second kappa shape index (κ2) is 7.07. The van der Waals surface area contributed by atoms with Gasteiger partial charge in [-0.3, -0.25) is 0 Å². The number of hydrogen-bond donors (Lipinski definition) is 0. The summed E-state index contributed by atoms with van der Waals surface area (Å²) in [6, 6.07) is 7.23. The van der Waals surface area contributed by atoms with Gasteiger partial charge in [0, 0.05) is 30.9 Å². The van der Waals surface area contributed by atoms with Crippen LogP contribution in [0.1, 0.15) is 11.1 Å². The summed E-state index contributed by atoms with van der Waals surface area (Å²) in [6.45, 7) is 0. The van der Waals surface area contributed by atoms with Crippen molar-refractivity contribution in [3.8, 4) is 11.8 Å². The Bertz CT molecular complexity index is 713. The van der Waals surface area contributed by atoms with Crippen molar-refractivity contribution in [2.45, 2.75) is 0 Å². The number of aromatic nitrogens is 2. The maximum Gasteiger partial charge on any atom is 0.252 e. The highest BCUT2D eigenvalue weighted by molar-refractivity contribution is 6.30. The van der Waals surface area contributed by atoms with Crippen LogP contribution in [0.3, 0.4) is 0 Å². The van der Waals surface area contributed by atoms with Crippen LogP contribution < -0.4 is 0 Å². The van der Waals surface area contributed by atoms with Gasteiger partial charge in [0.05, 0.1) is 11.9 Å². The van der Waals surface area contributed by atoms with Gasteiger partial charge in [-0.1, -0.05) is 35.0 Å². The molecule has 0 amide bonds. The lowest BCUT2D eigenvalue weighted by Gasteiger charge is -2.01. The van der Waals surface area contributed by atoms with Crippen LogP contribution in [-0.4, -0.2) is 35.3 Å². The predicted octanol–water partition coefficient (Wildman–Crippen LogP) is 3.40. The molecule has 2 rings (SSSR count). The Morgan fingerprint density at radius 2 is 1.86 bits per heavy atom. The summed E-state index contributed by atoms with van der Waals surface area (Å²) in [4.78, 5) is 14.0. The number of nitrogens with zero attached hydrogens (tertiary/aromatic N) is 4. The van der Waals surface area contributed by atoms with Gasteiger partial charge in [-0.05, 0) is 24.3 Å². The Labute approximate surface area is 133 Å². The summed E-state index contributed by atoms with van der Waals surface area (Å²) in [7, 11) is 3.72. The minimum Gasteiger partial charge on any atom is -0.369 e. The van der Waals surface area contributed by atoms with Gasteiger partial charge >= 0.3 is 0 Å². The van der Waals surface area contributed by atoms with E-state index in [9.17, 15) is 0 Å². The van der Waals surface area contributed by atoms with E-state index < -0.39 is 0 Å². The molecule has 0 aliphatic rings. The zero-order chi connectivity index (χ0) is 15.2. The fourth-order valence-corrected chi connectivity index (χ4v) is 1.64. The Kier molecular flexibility index (Phi) is 5.15. The molecule has 0 unspecified atom stereocenters. The molecule has 2 aromatic rings. The van der Waals surface area contributed by atoms with Crippen molar-refractivity contribution in [1.82, 2.24) is 14.9 Å². The number of rotatable bonds is 2. The Morgan fingerprint density at radius 3 is 2.48 bits per heavy atom. The predicted molar refractivity (Wildman–Crippen MR) is 86.3 cm³/mol. The molecule has 0 fully saturated rings. The van der Waals surface area contributed by atoms with E-state index >= 15 is 0 Å². The highest BCUT2D eigenvalue weighted by Gasteiger charge is 2.01. The Morgan fingerprint density at radius 1 is 1.14 bits per heavy atom. The van der Waals surface area contributed by atoms with Crippen LogP contribution in [-0.2, 0) is 0 Å². The van der Waals surface area contributed by atoms with Gasteiger partial charge in [-0.15, -0.1) is 0 Å². The lowest BCUT2D eigenvalue weighted by atomic mass is 10.2. The smallest absolute Gasteiger partial charge is 0.252 e. The van der Waals surface area contributed by atoms with Gasteiger partial charge in [0.25, 0.3) is 5.95 Å². The minimum absolute atomic E-state index is 0.275. The van der Waals surface area contributed by atoms with Crippen molar-refractivity contribution in [3.05, 3.63) is 51.8 Å². The van der Waals surface area contributed by atoms with Gasteiger partial charge in [-0.25, -0.2) is 9.98 Å². The molecule has 0 N–H and O–H groups in total. The van der Waals surface area contributed by atoms with Gasteiger partial charge < -0.3 is 4.90 Å². The summed E-state index contributed by atoms with van der Waals surface area (Å²) in [5, 5.41) is 0.947. The minimum atomic E-state index is 0.275. The first-order valence-electron chi connectivity index (χ1n) is 6.05. The van der Waals surface area contributed by atoms with Crippen molar-refractivity contribution in [1.29, 1.82) is 0 Å². The van der Waals surface area contributed by atoms with Gasteiger partial charge in [0.2, 0.25) is 0 Å². The monoisotopic (exact) mass is 318 g/mol. The molecule has 1 aromatic carbocycles. The molecule has 0 atom stereocenters. The first-order valence-corrected chi connectivity index (χ1v) is 6.81. The summed E-state index contributed by atoms with van der Waals surface area (Å²) in [5.41, 5.74) is 1.39. The average molecular weight is 319 g/mol. The van der Waals surface area contributed by atoms with E-state index in [4.69, 9.17) is 23.2 Å². The number of benzene rings is 1. The molecule has 6 heteroatoms.